The van der Waals surface area contributed by atoms with Gasteiger partial charge in [-0.15, -0.1) is 0 Å². The molecule has 0 saturated carbocycles. The Bertz CT molecular complexity index is 599. The normalized spacial score (nSPS) is 16.2. The van der Waals surface area contributed by atoms with Crippen molar-refractivity contribution in [2.75, 3.05) is 19.6 Å². The molecule has 0 bridgehead atoms. The molecule has 0 spiro atoms. The number of nitrogens with two attached hydrogens (primary N) is 1. The number of imidazole rings is 1. The molecule has 100 valence electrons. The van der Waals surface area contributed by atoms with Crippen molar-refractivity contribution in [2.45, 2.75) is 19.4 Å². The van der Waals surface area contributed by atoms with Crippen LogP contribution in [-0.4, -0.2) is 40.0 Å². The monoisotopic (exact) mass is 258 g/mol. The Morgan fingerprint density at radius 3 is 2.68 bits per heavy atom. The molecule has 19 heavy (non-hydrogen) atoms. The van der Waals surface area contributed by atoms with E-state index in [0.29, 0.717) is 5.82 Å². The fraction of sp³-hybridized carbons (Fsp3) is 0.429. The van der Waals surface area contributed by atoms with E-state index in [4.69, 9.17) is 5.73 Å². The van der Waals surface area contributed by atoms with Crippen LogP contribution in [0.1, 0.15) is 23.5 Å². The van der Waals surface area contributed by atoms with Crippen molar-refractivity contribution in [1.82, 2.24) is 14.5 Å². The second kappa shape index (κ2) is 5.01. The van der Waals surface area contributed by atoms with Crippen LogP contribution in [0.5, 0.6) is 0 Å². The fourth-order valence-corrected chi connectivity index (χ4v) is 2.74. The summed E-state index contributed by atoms with van der Waals surface area (Å²) < 4.78 is 1.94. The van der Waals surface area contributed by atoms with E-state index in [1.165, 1.54) is 12.8 Å². The lowest BCUT2D eigenvalue weighted by molar-refractivity contribution is 0.0986. The number of benzene rings is 1. The summed E-state index contributed by atoms with van der Waals surface area (Å²) in [4.78, 5) is 18.3. The Hall–Kier alpha value is -1.88. The summed E-state index contributed by atoms with van der Waals surface area (Å²) in [7, 11) is 0. The number of rotatable bonds is 4. The molecule has 0 radical (unpaired) electrons. The van der Waals surface area contributed by atoms with Crippen molar-refractivity contribution in [3.8, 4) is 0 Å². The van der Waals surface area contributed by atoms with E-state index in [0.717, 1.165) is 37.2 Å². The Balaban J connectivity index is 1.90. The van der Waals surface area contributed by atoms with Crippen LogP contribution in [0.2, 0.25) is 0 Å². The first-order valence-corrected chi connectivity index (χ1v) is 6.73. The minimum atomic E-state index is -0.461. The summed E-state index contributed by atoms with van der Waals surface area (Å²) in [6, 6.07) is 7.78. The van der Waals surface area contributed by atoms with Crippen molar-refractivity contribution in [3.63, 3.8) is 0 Å². The molecular formula is C14H18N4O. The van der Waals surface area contributed by atoms with Gasteiger partial charge in [-0.05, 0) is 38.1 Å². The number of para-hydroxylation sites is 2. The number of amides is 1. The number of likely N-dealkylation sites (tertiary alicyclic amines) is 1. The van der Waals surface area contributed by atoms with Gasteiger partial charge in [0.05, 0.1) is 11.0 Å². The van der Waals surface area contributed by atoms with Crippen LogP contribution in [0, 0.1) is 0 Å². The summed E-state index contributed by atoms with van der Waals surface area (Å²) in [6.45, 7) is 4.01. The molecule has 2 N–H and O–H groups in total. The third kappa shape index (κ3) is 2.33. The van der Waals surface area contributed by atoms with E-state index in [2.05, 4.69) is 9.88 Å². The maximum absolute atomic E-state index is 11.5. The lowest BCUT2D eigenvalue weighted by Gasteiger charge is -2.15. The topological polar surface area (TPSA) is 64.2 Å². The predicted octanol–water partition coefficient (Wildman–Crippen LogP) is 1.23. The number of hydrogen-bond donors (Lipinski definition) is 1. The zero-order valence-electron chi connectivity index (χ0n) is 10.9. The molecule has 1 aromatic heterocycles. The van der Waals surface area contributed by atoms with Gasteiger partial charge in [0.2, 0.25) is 0 Å². The number of fused-ring (bicyclic) bond motifs is 1. The highest BCUT2D eigenvalue weighted by atomic mass is 16.1. The number of aromatic nitrogens is 2. The van der Waals surface area contributed by atoms with Crippen molar-refractivity contribution in [1.29, 1.82) is 0 Å². The molecule has 1 aliphatic heterocycles. The van der Waals surface area contributed by atoms with Crippen molar-refractivity contribution < 1.29 is 4.79 Å². The average Bonchev–Trinajstić information content (AvgIpc) is 3.03. The van der Waals surface area contributed by atoms with Crippen LogP contribution in [-0.2, 0) is 6.54 Å². The van der Waals surface area contributed by atoms with Crippen LogP contribution in [0.3, 0.4) is 0 Å². The number of carbonyl (C=O) groups is 1. The molecule has 1 aliphatic rings. The summed E-state index contributed by atoms with van der Waals surface area (Å²) in [6.07, 6.45) is 2.54. The molecular weight excluding hydrogens is 240 g/mol. The van der Waals surface area contributed by atoms with E-state index in [1.54, 1.807) is 0 Å². The molecule has 1 saturated heterocycles. The van der Waals surface area contributed by atoms with Crippen molar-refractivity contribution in [3.05, 3.63) is 30.1 Å². The first-order valence-electron chi connectivity index (χ1n) is 6.73. The molecule has 1 aromatic carbocycles. The highest BCUT2D eigenvalue weighted by Crippen LogP contribution is 2.16. The van der Waals surface area contributed by atoms with E-state index in [9.17, 15) is 4.79 Å². The average molecular weight is 258 g/mol. The van der Waals surface area contributed by atoms with Gasteiger partial charge >= 0.3 is 0 Å². The van der Waals surface area contributed by atoms with Crippen LogP contribution < -0.4 is 5.73 Å². The Morgan fingerprint density at radius 2 is 1.95 bits per heavy atom. The van der Waals surface area contributed by atoms with Gasteiger partial charge in [-0.25, -0.2) is 4.98 Å². The molecule has 5 nitrogen and oxygen atoms in total. The summed E-state index contributed by atoms with van der Waals surface area (Å²) in [5.41, 5.74) is 7.24. The van der Waals surface area contributed by atoms with Gasteiger partial charge in [0.15, 0.2) is 5.82 Å². The largest absolute Gasteiger partial charge is 0.363 e. The van der Waals surface area contributed by atoms with Gasteiger partial charge in [0, 0.05) is 13.1 Å². The van der Waals surface area contributed by atoms with E-state index in [1.807, 2.05) is 28.8 Å². The van der Waals surface area contributed by atoms with Gasteiger partial charge in [0.1, 0.15) is 0 Å². The first-order chi connectivity index (χ1) is 9.25. The minimum Gasteiger partial charge on any atom is -0.363 e. The lowest BCUT2D eigenvalue weighted by atomic mass is 10.3. The van der Waals surface area contributed by atoms with E-state index >= 15 is 0 Å². The molecule has 2 aromatic rings. The summed E-state index contributed by atoms with van der Waals surface area (Å²) >= 11 is 0. The summed E-state index contributed by atoms with van der Waals surface area (Å²) in [5, 5.41) is 0. The van der Waals surface area contributed by atoms with Crippen LogP contribution in [0.25, 0.3) is 11.0 Å². The Kier molecular flexibility index (Phi) is 3.21. The highest BCUT2D eigenvalue weighted by Gasteiger charge is 2.17. The zero-order valence-corrected chi connectivity index (χ0v) is 10.9. The maximum Gasteiger partial charge on any atom is 0.284 e. The summed E-state index contributed by atoms with van der Waals surface area (Å²) in [5.74, 6) is -0.0991. The molecule has 2 heterocycles. The quantitative estimate of drug-likeness (QED) is 0.897. The molecule has 0 atom stereocenters. The Morgan fingerprint density at radius 1 is 1.21 bits per heavy atom. The highest BCUT2D eigenvalue weighted by molar-refractivity contribution is 5.93. The molecule has 3 rings (SSSR count). The lowest BCUT2D eigenvalue weighted by Crippen LogP contribution is -2.26. The van der Waals surface area contributed by atoms with Crippen molar-refractivity contribution >= 4 is 16.9 Å². The molecule has 1 amide bonds. The minimum absolute atomic E-state index is 0.361. The fourth-order valence-electron chi connectivity index (χ4n) is 2.74. The number of nitrogens with zero attached hydrogens (tertiary/aromatic N) is 3. The number of primary amides is 1. The second-order valence-electron chi connectivity index (χ2n) is 4.99. The van der Waals surface area contributed by atoms with Gasteiger partial charge in [-0.1, -0.05) is 12.1 Å². The third-order valence-corrected chi connectivity index (χ3v) is 3.71. The van der Waals surface area contributed by atoms with Gasteiger partial charge in [0.25, 0.3) is 5.91 Å². The second-order valence-corrected chi connectivity index (χ2v) is 4.99. The predicted molar refractivity (Wildman–Crippen MR) is 73.9 cm³/mol. The smallest absolute Gasteiger partial charge is 0.284 e. The molecule has 0 aliphatic carbocycles. The standard InChI is InChI=1S/C14H18N4O/c15-13(19)14-16-11-5-1-2-6-12(11)18(14)10-9-17-7-3-4-8-17/h1-2,5-6H,3-4,7-10H2,(H2,15,19). The van der Waals surface area contributed by atoms with Gasteiger partial charge in [-0.3, -0.25) is 4.79 Å². The SMILES string of the molecule is NC(=O)c1nc2ccccc2n1CCN1CCCC1. The van der Waals surface area contributed by atoms with Crippen LogP contribution >= 0.6 is 0 Å². The van der Waals surface area contributed by atoms with Crippen LogP contribution in [0.15, 0.2) is 24.3 Å². The van der Waals surface area contributed by atoms with E-state index < -0.39 is 5.91 Å². The molecule has 0 unspecified atom stereocenters. The van der Waals surface area contributed by atoms with E-state index in [-0.39, 0.29) is 0 Å². The van der Waals surface area contributed by atoms with Crippen molar-refractivity contribution in [2.24, 2.45) is 5.73 Å². The number of carbonyl (C=O) groups excluding carboxylic acids is 1. The molecule has 5 heteroatoms. The Labute approximate surface area is 112 Å². The van der Waals surface area contributed by atoms with Gasteiger partial charge in [-0.2, -0.15) is 0 Å². The number of hydrogen-bond acceptors (Lipinski definition) is 3. The van der Waals surface area contributed by atoms with Gasteiger partial charge < -0.3 is 15.2 Å². The zero-order chi connectivity index (χ0) is 13.2. The van der Waals surface area contributed by atoms with Crippen LogP contribution in [0.4, 0.5) is 0 Å². The first kappa shape index (κ1) is 12.2. The maximum atomic E-state index is 11.5. The third-order valence-electron chi connectivity index (χ3n) is 3.71. The molecule has 1 fully saturated rings.